The number of aryl methyl sites for hydroxylation is 1. The number of alkyl halides is 1. The van der Waals surface area contributed by atoms with Crippen LogP contribution in [0.1, 0.15) is 42.4 Å². The van der Waals surface area contributed by atoms with Gasteiger partial charge in [0.25, 0.3) is 0 Å². The Morgan fingerprint density at radius 2 is 1.91 bits per heavy atom. The molecule has 8 heteroatoms. The van der Waals surface area contributed by atoms with Crippen molar-refractivity contribution in [3.63, 3.8) is 0 Å². The molecule has 2 aromatic rings. The lowest BCUT2D eigenvalue weighted by Crippen LogP contribution is -2.28. The molecule has 0 aliphatic heterocycles. The number of halogens is 2. The van der Waals surface area contributed by atoms with Crippen LogP contribution in [0.2, 0.25) is 0 Å². The monoisotopic (exact) mass is 472 g/mol. The van der Waals surface area contributed by atoms with Gasteiger partial charge in [0.1, 0.15) is 16.7 Å². The normalized spacial score (nSPS) is 10.4. The van der Waals surface area contributed by atoms with Gasteiger partial charge in [-0.05, 0) is 80.3 Å². The second-order valence-corrected chi connectivity index (χ2v) is 7.36. The molecule has 2 rings (SSSR count). The van der Waals surface area contributed by atoms with Crippen molar-refractivity contribution in [1.29, 1.82) is 10.7 Å². The number of allylic oxidation sites excluding steroid dienone is 1. The maximum atomic E-state index is 10.3. The van der Waals surface area contributed by atoms with E-state index in [1.807, 2.05) is 31.2 Å². The average Bonchev–Trinajstić information content (AvgIpc) is 2.85. The number of carbonyl (C=O) groups is 1. The molecule has 0 fully saturated rings. The average molecular weight is 473 g/mol. The number of amidine groups is 1. The number of nitriles is 1. The van der Waals surface area contributed by atoms with Gasteiger partial charge in [0.05, 0.1) is 25.9 Å². The highest BCUT2D eigenvalue weighted by Gasteiger charge is 2.18. The number of benzene rings is 2. The minimum atomic E-state index is 0.213. The molecule has 0 radical (unpaired) electrons. The first kappa shape index (κ1) is 27.7. The van der Waals surface area contributed by atoms with E-state index in [-0.39, 0.29) is 5.84 Å². The van der Waals surface area contributed by atoms with E-state index in [2.05, 4.69) is 11.4 Å². The van der Waals surface area contributed by atoms with Crippen molar-refractivity contribution in [1.82, 2.24) is 5.32 Å². The van der Waals surface area contributed by atoms with Crippen LogP contribution >= 0.6 is 11.6 Å². The summed E-state index contributed by atoms with van der Waals surface area (Å²) in [5.74, 6) is 0.975. The molecule has 33 heavy (non-hydrogen) atoms. The molecule has 2 N–H and O–H groups in total. The molecule has 0 aliphatic rings. The number of anilines is 1. The fourth-order valence-corrected chi connectivity index (χ4v) is 3.40. The Bertz CT molecular complexity index is 971. The highest BCUT2D eigenvalue weighted by atomic mass is 35.5. The standard InChI is InChI=1S/C24H27ClN4O2.CH3F/c1-18-15-21(12-13-22(18)31-2)29(23(25)7-5-3-4-6-14-28-17-30)24(27)20-10-8-19(16-26)9-11-20;1-2/h7-13,15,17,27H,3-6,14H2,1-2H3,(H,28,30);1H3/b23-7+,27-24?;. The molecule has 0 saturated carbocycles. The van der Waals surface area contributed by atoms with Gasteiger partial charge in [-0.25, -0.2) is 0 Å². The van der Waals surface area contributed by atoms with Crippen LogP contribution in [0.3, 0.4) is 0 Å². The molecule has 0 unspecified atom stereocenters. The van der Waals surface area contributed by atoms with Crippen LogP contribution in [0.4, 0.5) is 10.1 Å². The summed E-state index contributed by atoms with van der Waals surface area (Å²) in [4.78, 5) is 12.0. The summed E-state index contributed by atoms with van der Waals surface area (Å²) in [6.45, 7) is 2.61. The molecule has 0 aliphatic carbocycles. The van der Waals surface area contributed by atoms with Gasteiger partial charge >= 0.3 is 0 Å². The van der Waals surface area contributed by atoms with Crippen LogP contribution in [-0.2, 0) is 4.79 Å². The van der Waals surface area contributed by atoms with E-state index in [0.717, 1.165) is 42.7 Å². The van der Waals surface area contributed by atoms with Crippen molar-refractivity contribution in [2.45, 2.75) is 32.6 Å². The van der Waals surface area contributed by atoms with E-state index in [0.29, 0.717) is 36.4 Å². The minimum absolute atomic E-state index is 0.213. The molecule has 0 bridgehead atoms. The molecule has 1 amide bonds. The molecule has 0 aromatic heterocycles. The number of nitrogens with one attached hydrogen (secondary N) is 2. The van der Waals surface area contributed by atoms with E-state index < -0.39 is 0 Å². The van der Waals surface area contributed by atoms with Crippen molar-refractivity contribution >= 4 is 29.5 Å². The van der Waals surface area contributed by atoms with Gasteiger partial charge < -0.3 is 10.1 Å². The second-order valence-electron chi connectivity index (χ2n) is 6.98. The third-order valence-corrected chi connectivity index (χ3v) is 5.11. The fourth-order valence-electron chi connectivity index (χ4n) is 3.11. The van der Waals surface area contributed by atoms with Gasteiger partial charge in [-0.3, -0.25) is 19.5 Å². The third-order valence-electron chi connectivity index (χ3n) is 4.78. The molecule has 0 spiro atoms. The van der Waals surface area contributed by atoms with Crippen LogP contribution in [0.15, 0.2) is 53.7 Å². The number of hydrogen-bond acceptors (Lipinski definition) is 4. The Kier molecular flexibility index (Phi) is 12.9. The molecule has 0 saturated heterocycles. The fraction of sp³-hybridized carbons (Fsp3) is 0.320. The second kappa shape index (κ2) is 15.4. The zero-order valence-electron chi connectivity index (χ0n) is 19.2. The van der Waals surface area contributed by atoms with Crippen molar-refractivity contribution in [3.8, 4) is 11.8 Å². The molecule has 0 atom stereocenters. The predicted octanol–water partition coefficient (Wildman–Crippen LogP) is 5.68. The van der Waals surface area contributed by atoms with Crippen LogP contribution in [0.25, 0.3) is 0 Å². The van der Waals surface area contributed by atoms with Crippen LogP contribution in [-0.4, -0.2) is 33.1 Å². The molecule has 0 heterocycles. The summed E-state index contributed by atoms with van der Waals surface area (Å²) in [5.41, 5.74) is 2.88. The number of carbonyl (C=O) groups excluding carboxylic acids is 1. The van der Waals surface area contributed by atoms with Gasteiger partial charge in [0, 0.05) is 17.8 Å². The number of hydrogen-bond donors (Lipinski definition) is 2. The summed E-state index contributed by atoms with van der Waals surface area (Å²) in [5, 5.41) is 20.9. The molecular weight excluding hydrogens is 443 g/mol. The van der Waals surface area contributed by atoms with E-state index >= 15 is 0 Å². The van der Waals surface area contributed by atoms with Crippen molar-refractivity contribution in [2.24, 2.45) is 0 Å². The SMILES string of the molecule is CF.COc1ccc(N(C(=N)c2ccc(C#N)cc2)/C(Cl)=C/CCCCCNC=O)cc1C. The maximum Gasteiger partial charge on any atom is 0.207 e. The first-order valence-corrected chi connectivity index (χ1v) is 10.8. The first-order chi connectivity index (χ1) is 16.0. The topological polar surface area (TPSA) is 89.2 Å². The van der Waals surface area contributed by atoms with Crippen molar-refractivity contribution in [2.75, 3.05) is 25.7 Å². The van der Waals surface area contributed by atoms with Crippen LogP contribution < -0.4 is 15.0 Å². The lowest BCUT2D eigenvalue weighted by atomic mass is 10.1. The summed E-state index contributed by atoms with van der Waals surface area (Å²) in [7, 11) is 2.12. The Morgan fingerprint density at radius 1 is 1.21 bits per heavy atom. The van der Waals surface area contributed by atoms with Crippen LogP contribution in [0.5, 0.6) is 5.75 Å². The Hall–Kier alpha value is -3.37. The van der Waals surface area contributed by atoms with E-state index in [1.54, 1.807) is 36.3 Å². The lowest BCUT2D eigenvalue weighted by molar-refractivity contribution is -0.109. The quantitative estimate of drug-likeness (QED) is 0.145. The Morgan fingerprint density at radius 3 is 2.48 bits per heavy atom. The molecule has 2 aromatic carbocycles. The maximum absolute atomic E-state index is 10.3. The summed E-state index contributed by atoms with van der Waals surface area (Å²) >= 11 is 6.68. The van der Waals surface area contributed by atoms with Gasteiger partial charge in [-0.1, -0.05) is 18.0 Å². The molecule has 6 nitrogen and oxygen atoms in total. The minimum Gasteiger partial charge on any atom is -0.496 e. The number of methoxy groups -OCH3 is 1. The smallest absolute Gasteiger partial charge is 0.207 e. The van der Waals surface area contributed by atoms with E-state index in [4.69, 9.17) is 27.0 Å². The summed E-state index contributed by atoms with van der Waals surface area (Å²) < 4.78 is 14.9. The predicted molar refractivity (Wildman–Crippen MR) is 132 cm³/mol. The number of nitrogens with zero attached hydrogens (tertiary/aromatic N) is 2. The Labute approximate surface area is 200 Å². The number of unbranched alkanes of at least 4 members (excludes halogenated alkanes) is 3. The summed E-state index contributed by atoms with van der Waals surface area (Å²) in [6.07, 6.45) is 6.18. The van der Waals surface area contributed by atoms with E-state index in [9.17, 15) is 9.18 Å². The third kappa shape index (κ3) is 8.59. The lowest BCUT2D eigenvalue weighted by Gasteiger charge is -2.25. The van der Waals surface area contributed by atoms with Gasteiger partial charge in [-0.2, -0.15) is 5.26 Å². The largest absolute Gasteiger partial charge is 0.496 e. The van der Waals surface area contributed by atoms with Gasteiger partial charge in [0.2, 0.25) is 6.41 Å². The van der Waals surface area contributed by atoms with E-state index in [1.165, 1.54) is 0 Å². The Balaban J connectivity index is 0.00000265. The number of rotatable bonds is 11. The zero-order chi connectivity index (χ0) is 24.6. The molecular formula is C25H30ClFN4O2. The van der Waals surface area contributed by atoms with Crippen LogP contribution in [0, 0.1) is 23.7 Å². The molecule has 176 valence electrons. The van der Waals surface area contributed by atoms with Crippen molar-refractivity contribution in [3.05, 3.63) is 70.4 Å². The first-order valence-electron chi connectivity index (χ1n) is 10.5. The van der Waals surface area contributed by atoms with Gasteiger partial charge in [0.15, 0.2) is 0 Å². The van der Waals surface area contributed by atoms with Crippen molar-refractivity contribution < 1.29 is 13.9 Å². The summed E-state index contributed by atoms with van der Waals surface area (Å²) in [6, 6.07) is 14.6. The van der Waals surface area contributed by atoms with Gasteiger partial charge in [-0.15, -0.1) is 0 Å². The zero-order valence-corrected chi connectivity index (χ0v) is 20.0. The number of amides is 1. The highest BCUT2D eigenvalue weighted by Crippen LogP contribution is 2.29. The highest BCUT2D eigenvalue weighted by molar-refractivity contribution is 6.35. The number of ether oxygens (including phenoxy) is 1.